The molecule has 5 heteroatoms. The summed E-state index contributed by atoms with van der Waals surface area (Å²) in [5, 5.41) is 3.35. The van der Waals surface area contributed by atoms with Crippen LogP contribution in [0.5, 0.6) is 0 Å². The van der Waals surface area contributed by atoms with Crippen molar-refractivity contribution in [3.05, 3.63) is 59.3 Å². The van der Waals surface area contributed by atoms with E-state index in [4.69, 9.17) is 4.42 Å². The third-order valence-electron chi connectivity index (χ3n) is 3.93. The first kappa shape index (κ1) is 16.0. The summed E-state index contributed by atoms with van der Waals surface area (Å²) in [4.78, 5) is 2.34. The minimum Gasteiger partial charge on any atom is -0.467 e. The molecule has 3 nitrogen and oxygen atoms in total. The highest BCUT2D eigenvalue weighted by molar-refractivity contribution is 5.85. The number of furan rings is 1. The molecule has 0 aliphatic carbocycles. The predicted molar refractivity (Wildman–Crippen MR) is 83.4 cm³/mol. The molecule has 0 radical (unpaired) electrons. The number of halogens is 2. The van der Waals surface area contributed by atoms with E-state index >= 15 is 0 Å². The van der Waals surface area contributed by atoms with Crippen molar-refractivity contribution in [2.24, 2.45) is 0 Å². The summed E-state index contributed by atoms with van der Waals surface area (Å²) >= 11 is 0. The molecule has 1 aliphatic rings. The van der Waals surface area contributed by atoms with Gasteiger partial charge in [-0.1, -0.05) is 12.1 Å². The zero-order valence-electron chi connectivity index (χ0n) is 12.0. The third kappa shape index (κ3) is 3.28. The molecule has 0 amide bonds. The highest BCUT2D eigenvalue weighted by Crippen LogP contribution is 2.32. The first-order valence-corrected chi connectivity index (χ1v) is 7.00. The molecule has 2 heterocycles. The van der Waals surface area contributed by atoms with E-state index in [-0.39, 0.29) is 24.3 Å². The molecule has 1 fully saturated rings. The van der Waals surface area contributed by atoms with Crippen LogP contribution in [-0.2, 0) is 0 Å². The molecule has 114 valence electrons. The van der Waals surface area contributed by atoms with Gasteiger partial charge in [0, 0.05) is 26.2 Å². The summed E-state index contributed by atoms with van der Waals surface area (Å²) in [7, 11) is 0. The van der Waals surface area contributed by atoms with Crippen LogP contribution in [0.1, 0.15) is 22.9 Å². The Morgan fingerprint density at radius 3 is 2.62 bits per heavy atom. The molecule has 1 N–H and O–H groups in total. The number of benzene rings is 1. The van der Waals surface area contributed by atoms with E-state index in [0.717, 1.165) is 37.5 Å². The standard InChI is InChI=1S/C16H19FN2O.ClH/c1-12-13(4-2-5-14(12)17)16(15-6-3-11-20-15)19-9-7-18-8-10-19;/h2-6,11,16,18H,7-10H2,1H3;1H/t16-;/m0./s1. The van der Waals surface area contributed by atoms with E-state index < -0.39 is 0 Å². The van der Waals surface area contributed by atoms with Crippen molar-refractivity contribution < 1.29 is 8.81 Å². The maximum absolute atomic E-state index is 13.9. The molecule has 1 saturated heterocycles. The van der Waals surface area contributed by atoms with E-state index in [9.17, 15) is 4.39 Å². The van der Waals surface area contributed by atoms with Gasteiger partial charge in [-0.05, 0) is 36.2 Å². The lowest BCUT2D eigenvalue weighted by Crippen LogP contribution is -2.45. The van der Waals surface area contributed by atoms with Crippen molar-refractivity contribution in [3.63, 3.8) is 0 Å². The van der Waals surface area contributed by atoms with Gasteiger partial charge in [0.25, 0.3) is 0 Å². The van der Waals surface area contributed by atoms with Crippen molar-refractivity contribution in [2.45, 2.75) is 13.0 Å². The zero-order valence-corrected chi connectivity index (χ0v) is 12.8. The van der Waals surface area contributed by atoms with Crippen LogP contribution in [0.15, 0.2) is 41.0 Å². The number of rotatable bonds is 3. The number of hydrogen-bond donors (Lipinski definition) is 1. The maximum atomic E-state index is 13.9. The monoisotopic (exact) mass is 310 g/mol. The molecule has 0 unspecified atom stereocenters. The van der Waals surface area contributed by atoms with Gasteiger partial charge in [0.15, 0.2) is 0 Å². The van der Waals surface area contributed by atoms with E-state index in [0.29, 0.717) is 5.56 Å². The summed E-state index contributed by atoms with van der Waals surface area (Å²) in [6.45, 7) is 5.60. The largest absolute Gasteiger partial charge is 0.467 e. The van der Waals surface area contributed by atoms with Crippen LogP contribution in [-0.4, -0.2) is 31.1 Å². The Morgan fingerprint density at radius 1 is 1.19 bits per heavy atom. The first-order chi connectivity index (χ1) is 9.77. The topological polar surface area (TPSA) is 28.4 Å². The van der Waals surface area contributed by atoms with Crippen LogP contribution in [0.4, 0.5) is 4.39 Å². The minimum absolute atomic E-state index is 0. The van der Waals surface area contributed by atoms with E-state index in [1.54, 1.807) is 12.3 Å². The van der Waals surface area contributed by atoms with Gasteiger partial charge in [-0.2, -0.15) is 0 Å². The molecule has 1 atom stereocenters. The Labute approximate surface area is 130 Å². The van der Waals surface area contributed by atoms with Gasteiger partial charge in [-0.3, -0.25) is 4.90 Å². The highest BCUT2D eigenvalue weighted by Gasteiger charge is 2.27. The fourth-order valence-electron chi connectivity index (χ4n) is 2.84. The normalized spacial score (nSPS) is 17.2. The van der Waals surface area contributed by atoms with Crippen molar-refractivity contribution in [1.29, 1.82) is 0 Å². The first-order valence-electron chi connectivity index (χ1n) is 7.00. The number of piperazine rings is 1. The average Bonchev–Trinajstić information content (AvgIpc) is 2.99. The van der Waals surface area contributed by atoms with Crippen molar-refractivity contribution >= 4 is 12.4 Å². The SMILES string of the molecule is Cc1c(F)cccc1[C@@H](c1ccco1)N1CCNCC1.Cl. The lowest BCUT2D eigenvalue weighted by atomic mass is 9.97. The van der Waals surface area contributed by atoms with Crippen molar-refractivity contribution in [2.75, 3.05) is 26.2 Å². The average molecular weight is 311 g/mol. The molecule has 1 aromatic heterocycles. The number of hydrogen-bond acceptors (Lipinski definition) is 3. The van der Waals surface area contributed by atoms with Gasteiger partial charge in [0.1, 0.15) is 11.6 Å². The van der Waals surface area contributed by atoms with Crippen LogP contribution < -0.4 is 5.32 Å². The second kappa shape index (κ2) is 7.07. The molecule has 1 aromatic carbocycles. The lowest BCUT2D eigenvalue weighted by Gasteiger charge is -2.34. The Kier molecular flexibility index (Phi) is 5.39. The second-order valence-corrected chi connectivity index (χ2v) is 5.16. The van der Waals surface area contributed by atoms with E-state index in [1.165, 1.54) is 6.07 Å². The molecule has 3 rings (SSSR count). The van der Waals surface area contributed by atoms with Crippen LogP contribution >= 0.6 is 12.4 Å². The predicted octanol–water partition coefficient (Wildman–Crippen LogP) is 3.14. The second-order valence-electron chi connectivity index (χ2n) is 5.16. The van der Waals surface area contributed by atoms with Crippen LogP contribution in [0, 0.1) is 12.7 Å². The smallest absolute Gasteiger partial charge is 0.126 e. The van der Waals surface area contributed by atoms with Gasteiger partial charge in [-0.15, -0.1) is 12.4 Å². The lowest BCUT2D eigenvalue weighted by molar-refractivity contribution is 0.179. The summed E-state index contributed by atoms with van der Waals surface area (Å²) in [5.74, 6) is 0.717. The Hall–Kier alpha value is -1.36. The van der Waals surface area contributed by atoms with Gasteiger partial charge in [0.2, 0.25) is 0 Å². The highest BCUT2D eigenvalue weighted by atomic mass is 35.5. The fourth-order valence-corrected chi connectivity index (χ4v) is 2.84. The van der Waals surface area contributed by atoms with Gasteiger partial charge < -0.3 is 9.73 Å². The molecule has 1 aliphatic heterocycles. The molecular formula is C16H20ClFN2O. The van der Waals surface area contributed by atoms with E-state index in [1.807, 2.05) is 25.1 Å². The van der Waals surface area contributed by atoms with Crippen LogP contribution in [0.2, 0.25) is 0 Å². The van der Waals surface area contributed by atoms with Crippen LogP contribution in [0.3, 0.4) is 0 Å². The molecular weight excluding hydrogens is 291 g/mol. The number of nitrogens with zero attached hydrogens (tertiary/aromatic N) is 1. The Bertz CT molecular complexity index is 568. The van der Waals surface area contributed by atoms with Gasteiger partial charge in [-0.25, -0.2) is 4.39 Å². The quantitative estimate of drug-likeness (QED) is 0.944. The number of nitrogens with one attached hydrogen (secondary N) is 1. The Balaban J connectivity index is 0.00000161. The van der Waals surface area contributed by atoms with Crippen molar-refractivity contribution in [1.82, 2.24) is 10.2 Å². The third-order valence-corrected chi connectivity index (χ3v) is 3.93. The summed E-state index contributed by atoms with van der Waals surface area (Å²) in [6, 6.07) is 9.12. The molecule has 2 aromatic rings. The maximum Gasteiger partial charge on any atom is 0.126 e. The molecule has 0 bridgehead atoms. The zero-order chi connectivity index (χ0) is 13.9. The summed E-state index contributed by atoms with van der Waals surface area (Å²) in [5.41, 5.74) is 1.69. The summed E-state index contributed by atoms with van der Waals surface area (Å²) in [6.07, 6.45) is 1.68. The van der Waals surface area contributed by atoms with E-state index in [2.05, 4.69) is 10.2 Å². The molecule has 0 saturated carbocycles. The van der Waals surface area contributed by atoms with Crippen molar-refractivity contribution in [3.8, 4) is 0 Å². The minimum atomic E-state index is -0.158. The summed E-state index contributed by atoms with van der Waals surface area (Å²) < 4.78 is 19.5. The van der Waals surface area contributed by atoms with Crippen LogP contribution in [0.25, 0.3) is 0 Å². The fraction of sp³-hybridized carbons (Fsp3) is 0.375. The Morgan fingerprint density at radius 2 is 1.95 bits per heavy atom. The van der Waals surface area contributed by atoms with Gasteiger partial charge >= 0.3 is 0 Å². The molecule has 21 heavy (non-hydrogen) atoms. The molecule has 0 spiro atoms. The van der Waals surface area contributed by atoms with Gasteiger partial charge in [0.05, 0.1) is 12.3 Å².